The molecule has 146 valence electrons. The van der Waals surface area contributed by atoms with Crippen LogP contribution in [-0.2, 0) is 11.3 Å². The van der Waals surface area contributed by atoms with E-state index in [2.05, 4.69) is 4.90 Å². The van der Waals surface area contributed by atoms with Crippen molar-refractivity contribution in [3.63, 3.8) is 0 Å². The third-order valence-corrected chi connectivity index (χ3v) is 4.71. The summed E-state index contributed by atoms with van der Waals surface area (Å²) in [6.07, 6.45) is 1.69. The van der Waals surface area contributed by atoms with Crippen LogP contribution < -0.4 is 4.74 Å². The Labute approximate surface area is 160 Å². The van der Waals surface area contributed by atoms with Crippen LogP contribution in [-0.4, -0.2) is 48.5 Å². The van der Waals surface area contributed by atoms with Gasteiger partial charge in [-0.2, -0.15) is 0 Å². The lowest BCUT2D eigenvalue weighted by Crippen LogP contribution is -2.39. The molecular formula is C22H28FNO3. The van der Waals surface area contributed by atoms with Crippen molar-refractivity contribution in [3.05, 3.63) is 65.5 Å². The fraction of sp³-hybridized carbons (Fsp3) is 0.455. The van der Waals surface area contributed by atoms with E-state index < -0.39 is 6.10 Å². The molecule has 27 heavy (non-hydrogen) atoms. The number of rotatable bonds is 9. The fourth-order valence-corrected chi connectivity index (χ4v) is 3.38. The van der Waals surface area contributed by atoms with Crippen molar-refractivity contribution in [3.8, 4) is 5.75 Å². The van der Waals surface area contributed by atoms with Gasteiger partial charge in [0.2, 0.25) is 0 Å². The molecule has 1 fully saturated rings. The Bertz CT molecular complexity index is 701. The predicted octanol–water partition coefficient (Wildman–Crippen LogP) is 3.56. The molecule has 2 aromatic carbocycles. The molecule has 4 nitrogen and oxygen atoms in total. The first-order valence-corrected chi connectivity index (χ1v) is 9.54. The third kappa shape index (κ3) is 6.61. The standard InChI is InChI=1S/C22H28FNO3/c1-17-4-2-5-21(12-17)27-16-20(25)14-24(15-22-6-3-11-26-22)13-18-7-9-19(23)10-8-18/h2,4-5,7-10,12,20,22,25H,3,6,11,13-16H2,1H3. The van der Waals surface area contributed by atoms with E-state index in [4.69, 9.17) is 9.47 Å². The van der Waals surface area contributed by atoms with Gasteiger partial charge in [-0.25, -0.2) is 4.39 Å². The van der Waals surface area contributed by atoms with Gasteiger partial charge in [0.1, 0.15) is 24.3 Å². The summed E-state index contributed by atoms with van der Waals surface area (Å²) in [5.74, 6) is 0.522. The maximum atomic E-state index is 13.2. The lowest BCUT2D eigenvalue weighted by atomic mass is 10.1. The maximum absolute atomic E-state index is 13.2. The summed E-state index contributed by atoms with van der Waals surface area (Å²) in [5.41, 5.74) is 2.14. The van der Waals surface area contributed by atoms with Gasteiger partial charge in [0.15, 0.2) is 0 Å². The molecule has 3 rings (SSSR count). The average Bonchev–Trinajstić information content (AvgIpc) is 3.15. The topological polar surface area (TPSA) is 41.9 Å². The van der Waals surface area contributed by atoms with Gasteiger partial charge in [-0.15, -0.1) is 0 Å². The SMILES string of the molecule is Cc1cccc(OCC(O)CN(Cc2ccc(F)cc2)CC2CCCO2)c1. The molecule has 1 heterocycles. The van der Waals surface area contributed by atoms with E-state index in [9.17, 15) is 9.50 Å². The van der Waals surface area contributed by atoms with Crippen LogP contribution in [0, 0.1) is 12.7 Å². The Kier molecular flexibility index (Phi) is 7.21. The molecule has 0 bridgehead atoms. The second kappa shape index (κ2) is 9.83. The van der Waals surface area contributed by atoms with E-state index in [1.807, 2.05) is 31.2 Å². The van der Waals surface area contributed by atoms with Gasteiger partial charge in [0, 0.05) is 26.2 Å². The van der Waals surface area contributed by atoms with Gasteiger partial charge in [0.05, 0.1) is 6.10 Å². The van der Waals surface area contributed by atoms with E-state index >= 15 is 0 Å². The van der Waals surface area contributed by atoms with Crippen molar-refractivity contribution in [2.75, 3.05) is 26.3 Å². The summed E-state index contributed by atoms with van der Waals surface area (Å²) in [6, 6.07) is 14.3. The molecule has 1 saturated heterocycles. The number of halogens is 1. The number of aliphatic hydroxyl groups excluding tert-OH is 1. The maximum Gasteiger partial charge on any atom is 0.123 e. The van der Waals surface area contributed by atoms with Crippen LogP contribution in [0.4, 0.5) is 4.39 Å². The minimum atomic E-state index is -0.618. The molecular weight excluding hydrogens is 345 g/mol. The highest BCUT2D eigenvalue weighted by Gasteiger charge is 2.21. The van der Waals surface area contributed by atoms with Crippen molar-refractivity contribution < 1.29 is 19.0 Å². The van der Waals surface area contributed by atoms with Gasteiger partial charge in [0.25, 0.3) is 0 Å². The summed E-state index contributed by atoms with van der Waals surface area (Å²) in [7, 11) is 0. The fourth-order valence-electron chi connectivity index (χ4n) is 3.38. The van der Waals surface area contributed by atoms with Crippen molar-refractivity contribution in [2.45, 2.75) is 38.5 Å². The normalized spacial score (nSPS) is 18.0. The third-order valence-electron chi connectivity index (χ3n) is 4.71. The van der Waals surface area contributed by atoms with Crippen LogP contribution in [0.1, 0.15) is 24.0 Å². The Morgan fingerprint density at radius 2 is 2.07 bits per heavy atom. The molecule has 2 atom stereocenters. The molecule has 0 saturated carbocycles. The summed E-state index contributed by atoms with van der Waals surface area (Å²) >= 11 is 0. The predicted molar refractivity (Wildman–Crippen MR) is 103 cm³/mol. The van der Waals surface area contributed by atoms with E-state index in [0.29, 0.717) is 13.1 Å². The molecule has 1 N–H and O–H groups in total. The van der Waals surface area contributed by atoms with E-state index in [1.54, 1.807) is 12.1 Å². The van der Waals surface area contributed by atoms with Crippen molar-refractivity contribution in [1.29, 1.82) is 0 Å². The van der Waals surface area contributed by atoms with Crippen LogP contribution in [0.2, 0.25) is 0 Å². The number of nitrogens with zero attached hydrogens (tertiary/aromatic N) is 1. The second-order valence-electron chi connectivity index (χ2n) is 7.24. The van der Waals surface area contributed by atoms with Crippen LogP contribution in [0.3, 0.4) is 0 Å². The number of hydrogen-bond acceptors (Lipinski definition) is 4. The molecule has 1 aliphatic rings. The highest BCUT2D eigenvalue weighted by molar-refractivity contribution is 5.27. The molecule has 2 aromatic rings. The van der Waals surface area contributed by atoms with Crippen LogP contribution in [0.25, 0.3) is 0 Å². The minimum Gasteiger partial charge on any atom is -0.491 e. The molecule has 0 spiro atoms. The second-order valence-corrected chi connectivity index (χ2v) is 7.24. The number of aliphatic hydroxyl groups is 1. The summed E-state index contributed by atoms with van der Waals surface area (Å²) in [4.78, 5) is 2.16. The van der Waals surface area contributed by atoms with E-state index in [-0.39, 0.29) is 18.5 Å². The van der Waals surface area contributed by atoms with Crippen molar-refractivity contribution in [1.82, 2.24) is 4.90 Å². The van der Waals surface area contributed by atoms with Gasteiger partial charge >= 0.3 is 0 Å². The molecule has 0 aliphatic carbocycles. The first-order valence-electron chi connectivity index (χ1n) is 9.54. The first kappa shape index (κ1) is 19.8. The van der Waals surface area contributed by atoms with Gasteiger partial charge < -0.3 is 14.6 Å². The summed E-state index contributed by atoms with van der Waals surface area (Å²) < 4.78 is 24.6. The van der Waals surface area contributed by atoms with Crippen molar-refractivity contribution in [2.24, 2.45) is 0 Å². The zero-order valence-corrected chi connectivity index (χ0v) is 15.8. The van der Waals surface area contributed by atoms with Crippen molar-refractivity contribution >= 4 is 0 Å². The zero-order valence-electron chi connectivity index (χ0n) is 15.8. The first-order chi connectivity index (χ1) is 13.1. The number of hydrogen-bond donors (Lipinski definition) is 1. The van der Waals surface area contributed by atoms with Gasteiger partial charge in [-0.05, 0) is 55.2 Å². The summed E-state index contributed by atoms with van der Waals surface area (Å²) in [6.45, 7) is 4.90. The number of benzene rings is 2. The molecule has 5 heteroatoms. The average molecular weight is 373 g/mol. The highest BCUT2D eigenvalue weighted by atomic mass is 19.1. The number of ether oxygens (including phenoxy) is 2. The lowest BCUT2D eigenvalue weighted by molar-refractivity contribution is 0.0313. The molecule has 0 aromatic heterocycles. The smallest absolute Gasteiger partial charge is 0.123 e. The van der Waals surface area contributed by atoms with Crippen LogP contribution >= 0.6 is 0 Å². The highest BCUT2D eigenvalue weighted by Crippen LogP contribution is 2.17. The lowest BCUT2D eigenvalue weighted by Gasteiger charge is -2.27. The number of aryl methyl sites for hydroxylation is 1. The summed E-state index contributed by atoms with van der Waals surface area (Å²) in [5, 5.41) is 10.5. The quantitative estimate of drug-likeness (QED) is 0.730. The van der Waals surface area contributed by atoms with Crippen LogP contribution in [0.15, 0.2) is 48.5 Å². The molecule has 0 amide bonds. The Hall–Kier alpha value is -1.95. The Balaban J connectivity index is 1.56. The minimum absolute atomic E-state index is 0.190. The van der Waals surface area contributed by atoms with Gasteiger partial charge in [-0.1, -0.05) is 24.3 Å². The largest absolute Gasteiger partial charge is 0.491 e. The zero-order chi connectivity index (χ0) is 19.1. The monoisotopic (exact) mass is 373 g/mol. The molecule has 2 unspecified atom stereocenters. The Morgan fingerprint density at radius 1 is 1.26 bits per heavy atom. The van der Waals surface area contributed by atoms with E-state index in [0.717, 1.165) is 42.9 Å². The molecule has 1 aliphatic heterocycles. The van der Waals surface area contributed by atoms with Gasteiger partial charge in [-0.3, -0.25) is 4.90 Å². The molecule has 0 radical (unpaired) electrons. The Morgan fingerprint density at radius 3 is 2.78 bits per heavy atom. The van der Waals surface area contributed by atoms with Crippen LogP contribution in [0.5, 0.6) is 5.75 Å². The van der Waals surface area contributed by atoms with E-state index in [1.165, 1.54) is 12.1 Å².